The highest BCUT2D eigenvalue weighted by Crippen LogP contribution is 2.34. The van der Waals surface area contributed by atoms with E-state index in [0.717, 1.165) is 25.7 Å². The number of hydrogen-bond acceptors (Lipinski definition) is 2. The van der Waals surface area contributed by atoms with E-state index in [1.807, 2.05) is 13.8 Å². The van der Waals surface area contributed by atoms with Crippen LogP contribution in [0.25, 0.3) is 0 Å². The van der Waals surface area contributed by atoms with Crippen molar-refractivity contribution < 1.29 is 9.90 Å². The Kier molecular flexibility index (Phi) is 4.32. The molecule has 2 rings (SSSR count). The Morgan fingerprint density at radius 2 is 1.93 bits per heavy atom. The highest BCUT2D eigenvalue weighted by Gasteiger charge is 2.32. The second-order valence-corrected chi connectivity index (χ2v) is 5.41. The summed E-state index contributed by atoms with van der Waals surface area (Å²) in [5.74, 6) is 1.35. The van der Waals surface area contributed by atoms with Crippen molar-refractivity contribution in [1.82, 2.24) is 0 Å². The summed E-state index contributed by atoms with van der Waals surface area (Å²) in [4.78, 5) is 10.6. The van der Waals surface area contributed by atoms with Gasteiger partial charge in [-0.05, 0) is 38.5 Å². The van der Waals surface area contributed by atoms with Gasteiger partial charge in [0.15, 0.2) is 0 Å². The van der Waals surface area contributed by atoms with Crippen LogP contribution in [0.5, 0.6) is 0 Å². The molecule has 88 valence electrons. The molecule has 0 aromatic carbocycles. The maximum atomic E-state index is 10.6. The fourth-order valence-electron chi connectivity index (χ4n) is 2.31. The molecule has 0 aromatic heterocycles. The van der Waals surface area contributed by atoms with Gasteiger partial charge < -0.3 is 5.11 Å². The third-order valence-corrected chi connectivity index (χ3v) is 3.99. The second-order valence-electron chi connectivity index (χ2n) is 5.41. The minimum atomic E-state index is -0.347. The van der Waals surface area contributed by atoms with E-state index in [4.69, 9.17) is 0 Å². The first-order chi connectivity index (χ1) is 6.93. The fourth-order valence-corrected chi connectivity index (χ4v) is 2.31. The molecule has 2 heteroatoms. The Morgan fingerprint density at radius 3 is 2.07 bits per heavy atom. The first kappa shape index (κ1) is 12.7. The van der Waals surface area contributed by atoms with Crippen molar-refractivity contribution in [3.8, 4) is 0 Å². The lowest BCUT2D eigenvalue weighted by atomic mass is 9.95. The van der Waals surface area contributed by atoms with Crippen LogP contribution >= 0.6 is 0 Å². The van der Waals surface area contributed by atoms with Gasteiger partial charge in [0.2, 0.25) is 0 Å². The van der Waals surface area contributed by atoms with Gasteiger partial charge in [0.1, 0.15) is 5.78 Å². The molecule has 0 saturated heterocycles. The van der Waals surface area contributed by atoms with Gasteiger partial charge in [-0.2, -0.15) is 0 Å². The van der Waals surface area contributed by atoms with E-state index in [2.05, 4.69) is 6.92 Å². The van der Waals surface area contributed by atoms with E-state index in [-0.39, 0.29) is 5.60 Å². The van der Waals surface area contributed by atoms with E-state index < -0.39 is 0 Å². The number of rotatable bonds is 0. The summed E-state index contributed by atoms with van der Waals surface area (Å²) < 4.78 is 0. The van der Waals surface area contributed by atoms with Crippen LogP contribution in [0.4, 0.5) is 0 Å². The number of carbonyl (C=O) groups is 1. The third kappa shape index (κ3) is 3.60. The van der Waals surface area contributed by atoms with Gasteiger partial charge in [0.05, 0.1) is 5.60 Å². The SMILES string of the molecule is CC1CCCC1(C)O.CC1CCCC1=O. The molecule has 0 bridgehead atoms. The van der Waals surface area contributed by atoms with Gasteiger partial charge in [-0.25, -0.2) is 0 Å². The van der Waals surface area contributed by atoms with Crippen LogP contribution in [-0.2, 0) is 4.79 Å². The highest BCUT2D eigenvalue weighted by molar-refractivity contribution is 5.82. The predicted octanol–water partition coefficient (Wildman–Crippen LogP) is 2.93. The first-order valence-electron chi connectivity index (χ1n) is 6.18. The van der Waals surface area contributed by atoms with Crippen LogP contribution in [0, 0.1) is 11.8 Å². The van der Waals surface area contributed by atoms with Gasteiger partial charge in [0.25, 0.3) is 0 Å². The topological polar surface area (TPSA) is 37.3 Å². The fraction of sp³-hybridized carbons (Fsp3) is 0.923. The lowest BCUT2D eigenvalue weighted by molar-refractivity contribution is -0.120. The molecule has 3 atom stereocenters. The van der Waals surface area contributed by atoms with Crippen LogP contribution in [0.1, 0.15) is 59.3 Å². The molecule has 0 heterocycles. The van der Waals surface area contributed by atoms with Crippen LogP contribution < -0.4 is 0 Å². The molecule has 0 aliphatic heterocycles. The summed E-state index contributed by atoms with van der Waals surface area (Å²) in [5.41, 5.74) is -0.347. The molecule has 2 aliphatic rings. The van der Waals surface area contributed by atoms with Gasteiger partial charge in [0, 0.05) is 12.3 Å². The van der Waals surface area contributed by atoms with Crippen LogP contribution in [-0.4, -0.2) is 16.5 Å². The summed E-state index contributed by atoms with van der Waals surface area (Å²) >= 11 is 0. The molecular weight excluding hydrogens is 188 g/mol. The Bertz CT molecular complexity index is 221. The van der Waals surface area contributed by atoms with Crippen molar-refractivity contribution in [2.45, 2.75) is 64.9 Å². The number of Topliss-reactive ketones (excluding diaryl/α,β-unsaturated/α-hetero) is 1. The van der Waals surface area contributed by atoms with E-state index in [9.17, 15) is 9.90 Å². The molecule has 15 heavy (non-hydrogen) atoms. The Hall–Kier alpha value is -0.370. The monoisotopic (exact) mass is 212 g/mol. The number of carbonyl (C=O) groups excluding carboxylic acids is 1. The molecule has 0 spiro atoms. The van der Waals surface area contributed by atoms with Gasteiger partial charge in [-0.3, -0.25) is 4.79 Å². The van der Waals surface area contributed by atoms with E-state index in [0.29, 0.717) is 17.6 Å². The van der Waals surface area contributed by atoms with E-state index >= 15 is 0 Å². The van der Waals surface area contributed by atoms with Crippen LogP contribution in [0.15, 0.2) is 0 Å². The zero-order valence-corrected chi connectivity index (χ0v) is 10.3. The van der Waals surface area contributed by atoms with Crippen molar-refractivity contribution in [3.63, 3.8) is 0 Å². The zero-order chi connectivity index (χ0) is 11.5. The molecule has 0 radical (unpaired) electrons. The molecular formula is C13H24O2. The Labute approximate surface area is 93.1 Å². The Morgan fingerprint density at radius 1 is 1.27 bits per heavy atom. The van der Waals surface area contributed by atoms with Crippen LogP contribution in [0.3, 0.4) is 0 Å². The smallest absolute Gasteiger partial charge is 0.135 e. The van der Waals surface area contributed by atoms with Crippen molar-refractivity contribution in [2.75, 3.05) is 0 Å². The molecule has 0 aromatic rings. The summed E-state index contributed by atoms with van der Waals surface area (Å²) in [7, 11) is 0. The quantitative estimate of drug-likeness (QED) is 0.670. The number of hydrogen-bond donors (Lipinski definition) is 1. The highest BCUT2D eigenvalue weighted by atomic mass is 16.3. The average Bonchev–Trinajstić information content (AvgIpc) is 2.64. The first-order valence-corrected chi connectivity index (χ1v) is 6.18. The molecule has 1 N–H and O–H groups in total. The minimum absolute atomic E-state index is 0.347. The zero-order valence-electron chi connectivity index (χ0n) is 10.3. The van der Waals surface area contributed by atoms with Gasteiger partial charge >= 0.3 is 0 Å². The number of aliphatic hydroxyl groups is 1. The standard InChI is InChI=1S/C7H14O.C6H10O/c1-6-4-3-5-7(6,2)8;1-5-3-2-4-6(5)7/h6,8H,3-5H2,1-2H3;5H,2-4H2,1H3. The van der Waals surface area contributed by atoms with Crippen molar-refractivity contribution >= 4 is 5.78 Å². The summed E-state index contributed by atoms with van der Waals surface area (Å²) in [6.07, 6.45) is 6.48. The lowest BCUT2D eigenvalue weighted by Crippen LogP contribution is -2.26. The van der Waals surface area contributed by atoms with Crippen LogP contribution in [0.2, 0.25) is 0 Å². The second kappa shape index (κ2) is 5.11. The van der Waals surface area contributed by atoms with Crippen molar-refractivity contribution in [1.29, 1.82) is 0 Å². The third-order valence-electron chi connectivity index (χ3n) is 3.99. The molecule has 2 nitrogen and oxygen atoms in total. The van der Waals surface area contributed by atoms with Gasteiger partial charge in [-0.1, -0.05) is 20.3 Å². The molecule has 0 amide bonds. The lowest BCUT2D eigenvalue weighted by Gasteiger charge is -2.20. The average molecular weight is 212 g/mol. The van der Waals surface area contributed by atoms with E-state index in [1.165, 1.54) is 12.8 Å². The Balaban J connectivity index is 0.000000151. The molecule has 3 unspecified atom stereocenters. The van der Waals surface area contributed by atoms with Crippen molar-refractivity contribution in [2.24, 2.45) is 11.8 Å². The molecule has 2 saturated carbocycles. The normalized spacial score (nSPS) is 40.1. The van der Waals surface area contributed by atoms with Gasteiger partial charge in [-0.15, -0.1) is 0 Å². The largest absolute Gasteiger partial charge is 0.390 e. The summed E-state index contributed by atoms with van der Waals surface area (Å²) in [6.45, 7) is 6.06. The molecule has 2 aliphatic carbocycles. The maximum absolute atomic E-state index is 10.6. The predicted molar refractivity (Wildman–Crippen MR) is 61.7 cm³/mol. The van der Waals surface area contributed by atoms with Crippen molar-refractivity contribution in [3.05, 3.63) is 0 Å². The minimum Gasteiger partial charge on any atom is -0.390 e. The summed E-state index contributed by atoms with van der Waals surface area (Å²) in [5, 5.41) is 9.46. The molecule has 2 fully saturated rings. The summed E-state index contributed by atoms with van der Waals surface area (Å²) in [6, 6.07) is 0. The number of ketones is 1. The maximum Gasteiger partial charge on any atom is 0.135 e. The van der Waals surface area contributed by atoms with E-state index in [1.54, 1.807) is 0 Å².